The van der Waals surface area contributed by atoms with Gasteiger partial charge in [-0.15, -0.1) is 0 Å². The minimum absolute atomic E-state index is 0.244. The van der Waals surface area contributed by atoms with Crippen LogP contribution >= 0.6 is 0 Å². The summed E-state index contributed by atoms with van der Waals surface area (Å²) in [5, 5.41) is 0. The second-order valence-corrected chi connectivity index (χ2v) is 2.88. The Hall–Kier alpha value is -1.10. The van der Waals surface area contributed by atoms with Crippen molar-refractivity contribution in [3.05, 3.63) is 0 Å². The van der Waals surface area contributed by atoms with Gasteiger partial charge in [-0.3, -0.25) is 14.4 Å². The molecule has 5 nitrogen and oxygen atoms in total. The van der Waals surface area contributed by atoms with Gasteiger partial charge in [0.2, 0.25) is 11.8 Å². The maximum absolute atomic E-state index is 10.8. The van der Waals surface area contributed by atoms with Gasteiger partial charge in [0.1, 0.15) is 0 Å². The standard InChI is InChI=1S/C7H14N2O3/c1-5(2)3-7(11)9-12-4-6(8)10/h5H,3-4H2,1-2H3,(H2,8,10)(H,9,11). The van der Waals surface area contributed by atoms with Crippen molar-refractivity contribution in [3.63, 3.8) is 0 Å². The molecule has 0 bridgehead atoms. The number of nitrogens with two attached hydrogens (primary N) is 1. The van der Waals surface area contributed by atoms with Gasteiger partial charge < -0.3 is 5.73 Å². The minimum atomic E-state index is -0.611. The van der Waals surface area contributed by atoms with E-state index < -0.39 is 5.91 Å². The van der Waals surface area contributed by atoms with Crippen molar-refractivity contribution >= 4 is 11.8 Å². The van der Waals surface area contributed by atoms with E-state index in [1.54, 1.807) is 0 Å². The molecule has 0 unspecified atom stereocenters. The summed E-state index contributed by atoms with van der Waals surface area (Å²) in [7, 11) is 0. The van der Waals surface area contributed by atoms with Crippen LogP contribution in [0.5, 0.6) is 0 Å². The molecule has 5 heteroatoms. The van der Waals surface area contributed by atoms with Gasteiger partial charge >= 0.3 is 0 Å². The molecule has 3 N–H and O–H groups in total. The Morgan fingerprint density at radius 2 is 2.08 bits per heavy atom. The summed E-state index contributed by atoms with van der Waals surface area (Å²) in [6.45, 7) is 3.53. The molecule has 70 valence electrons. The number of amides is 2. The first-order valence-corrected chi connectivity index (χ1v) is 3.71. The molecule has 2 amide bonds. The van der Waals surface area contributed by atoms with E-state index in [0.717, 1.165) is 0 Å². The van der Waals surface area contributed by atoms with Gasteiger partial charge in [-0.05, 0) is 5.92 Å². The van der Waals surface area contributed by atoms with E-state index in [1.807, 2.05) is 13.8 Å². The summed E-state index contributed by atoms with van der Waals surface area (Å²) >= 11 is 0. The largest absolute Gasteiger partial charge is 0.368 e. The number of hydrogen-bond donors (Lipinski definition) is 2. The van der Waals surface area contributed by atoms with E-state index in [4.69, 9.17) is 5.73 Å². The monoisotopic (exact) mass is 174 g/mol. The van der Waals surface area contributed by atoms with Gasteiger partial charge in [-0.1, -0.05) is 13.8 Å². The Labute approximate surface area is 71.2 Å². The van der Waals surface area contributed by atoms with Crippen molar-refractivity contribution in [1.82, 2.24) is 5.48 Å². The number of hydrogen-bond acceptors (Lipinski definition) is 3. The lowest BCUT2D eigenvalue weighted by Crippen LogP contribution is -2.29. The average Bonchev–Trinajstić information content (AvgIpc) is 1.84. The first-order chi connectivity index (χ1) is 5.52. The van der Waals surface area contributed by atoms with Crippen LogP contribution in [0.25, 0.3) is 0 Å². The fourth-order valence-corrected chi connectivity index (χ4v) is 0.600. The van der Waals surface area contributed by atoms with E-state index in [1.165, 1.54) is 0 Å². The molecule has 0 aromatic rings. The molecule has 0 saturated carbocycles. The lowest BCUT2D eigenvalue weighted by atomic mass is 10.1. The molecule has 0 atom stereocenters. The predicted molar refractivity (Wildman–Crippen MR) is 42.7 cm³/mol. The molecule has 0 fully saturated rings. The van der Waals surface area contributed by atoms with Crippen molar-refractivity contribution in [3.8, 4) is 0 Å². The average molecular weight is 174 g/mol. The fourth-order valence-electron chi connectivity index (χ4n) is 0.600. The van der Waals surface area contributed by atoms with Crippen LogP contribution in [-0.4, -0.2) is 18.4 Å². The third-order valence-corrected chi connectivity index (χ3v) is 0.994. The fraction of sp³-hybridized carbons (Fsp3) is 0.714. The molecule has 12 heavy (non-hydrogen) atoms. The van der Waals surface area contributed by atoms with Crippen LogP contribution in [0.2, 0.25) is 0 Å². The summed E-state index contributed by atoms with van der Waals surface area (Å²) in [5.74, 6) is -0.590. The molecule has 0 aliphatic carbocycles. The summed E-state index contributed by atoms with van der Waals surface area (Å²) in [5.41, 5.74) is 6.87. The first kappa shape index (κ1) is 10.9. The second kappa shape index (κ2) is 5.54. The quantitative estimate of drug-likeness (QED) is 0.555. The highest BCUT2D eigenvalue weighted by Gasteiger charge is 2.04. The summed E-state index contributed by atoms with van der Waals surface area (Å²) < 4.78 is 0. The Morgan fingerprint density at radius 1 is 1.50 bits per heavy atom. The summed E-state index contributed by atoms with van der Waals surface area (Å²) in [4.78, 5) is 25.5. The number of primary amides is 1. The SMILES string of the molecule is CC(C)CC(=O)NOCC(N)=O. The Kier molecular flexibility index (Phi) is 5.03. The lowest BCUT2D eigenvalue weighted by molar-refractivity contribution is -0.138. The predicted octanol–water partition coefficient (Wildman–Crippen LogP) is -0.434. The molecular formula is C7H14N2O3. The Morgan fingerprint density at radius 3 is 2.50 bits per heavy atom. The van der Waals surface area contributed by atoms with Crippen LogP contribution in [-0.2, 0) is 14.4 Å². The van der Waals surface area contributed by atoms with Gasteiger partial charge in [0, 0.05) is 6.42 Å². The van der Waals surface area contributed by atoms with Gasteiger partial charge in [0.05, 0.1) is 0 Å². The van der Waals surface area contributed by atoms with Crippen LogP contribution < -0.4 is 11.2 Å². The second-order valence-electron chi connectivity index (χ2n) is 2.88. The first-order valence-electron chi connectivity index (χ1n) is 3.71. The van der Waals surface area contributed by atoms with Crippen molar-refractivity contribution in [2.24, 2.45) is 11.7 Å². The van der Waals surface area contributed by atoms with Crippen molar-refractivity contribution < 1.29 is 14.4 Å². The molecule has 0 spiro atoms. The van der Waals surface area contributed by atoms with Gasteiger partial charge in [-0.2, -0.15) is 0 Å². The molecule has 0 aromatic carbocycles. The van der Waals surface area contributed by atoms with Crippen molar-refractivity contribution in [2.45, 2.75) is 20.3 Å². The van der Waals surface area contributed by atoms with Gasteiger partial charge in [-0.25, -0.2) is 5.48 Å². The number of rotatable bonds is 5. The maximum atomic E-state index is 10.8. The van der Waals surface area contributed by atoms with E-state index >= 15 is 0 Å². The van der Waals surface area contributed by atoms with E-state index in [2.05, 4.69) is 10.3 Å². The van der Waals surface area contributed by atoms with Gasteiger partial charge in [0.25, 0.3) is 0 Å². The number of hydroxylamine groups is 1. The van der Waals surface area contributed by atoms with Crippen LogP contribution in [0, 0.1) is 5.92 Å². The third-order valence-electron chi connectivity index (χ3n) is 0.994. The molecule has 0 saturated heterocycles. The highest BCUT2D eigenvalue weighted by Crippen LogP contribution is 1.97. The summed E-state index contributed by atoms with van der Waals surface area (Å²) in [6.07, 6.45) is 0.374. The molecule has 0 aliphatic rings. The Bertz CT molecular complexity index is 168. The number of nitrogens with one attached hydrogen (secondary N) is 1. The minimum Gasteiger partial charge on any atom is -0.368 e. The lowest BCUT2D eigenvalue weighted by Gasteiger charge is -2.05. The smallest absolute Gasteiger partial charge is 0.246 e. The zero-order valence-electron chi connectivity index (χ0n) is 7.29. The highest BCUT2D eigenvalue weighted by atomic mass is 16.7. The zero-order chi connectivity index (χ0) is 9.56. The number of carbonyl (C=O) groups is 2. The molecule has 0 rings (SSSR count). The normalized spacial score (nSPS) is 9.92. The molecule has 0 aliphatic heterocycles. The van der Waals surface area contributed by atoms with E-state index in [0.29, 0.717) is 6.42 Å². The highest BCUT2D eigenvalue weighted by molar-refractivity contribution is 5.76. The van der Waals surface area contributed by atoms with Crippen LogP contribution in [0.4, 0.5) is 0 Å². The van der Waals surface area contributed by atoms with Crippen molar-refractivity contribution in [2.75, 3.05) is 6.61 Å². The molecule has 0 aromatic heterocycles. The molecule has 0 radical (unpaired) electrons. The molecule has 0 heterocycles. The Balaban J connectivity index is 3.38. The van der Waals surface area contributed by atoms with Crippen LogP contribution in [0.15, 0.2) is 0 Å². The summed E-state index contributed by atoms with van der Waals surface area (Å²) in [6, 6.07) is 0. The zero-order valence-corrected chi connectivity index (χ0v) is 7.29. The topological polar surface area (TPSA) is 81.4 Å². The maximum Gasteiger partial charge on any atom is 0.246 e. The third kappa shape index (κ3) is 7.01. The number of carbonyl (C=O) groups excluding carboxylic acids is 2. The molecular weight excluding hydrogens is 160 g/mol. The van der Waals surface area contributed by atoms with Crippen molar-refractivity contribution in [1.29, 1.82) is 0 Å². The van der Waals surface area contributed by atoms with Gasteiger partial charge in [0.15, 0.2) is 6.61 Å². The van der Waals surface area contributed by atoms with Crippen LogP contribution in [0.3, 0.4) is 0 Å². The van der Waals surface area contributed by atoms with Crippen LogP contribution in [0.1, 0.15) is 20.3 Å². The van der Waals surface area contributed by atoms with E-state index in [-0.39, 0.29) is 18.4 Å². The van der Waals surface area contributed by atoms with E-state index in [9.17, 15) is 9.59 Å².